The summed E-state index contributed by atoms with van der Waals surface area (Å²) in [5.74, 6) is -0.727. The maximum Gasteiger partial charge on any atom is 0.306 e. The Hall–Kier alpha value is -2.51. The van der Waals surface area contributed by atoms with Crippen molar-refractivity contribution in [2.45, 2.75) is 25.9 Å². The topological polar surface area (TPSA) is 97.0 Å². The van der Waals surface area contributed by atoms with Gasteiger partial charge in [0.05, 0.1) is 16.5 Å². The number of rotatable bonds is 4. The van der Waals surface area contributed by atoms with Crippen LogP contribution in [0.25, 0.3) is 22.3 Å². The molecule has 1 aromatic heterocycles. The molecule has 6 nitrogen and oxygen atoms in total. The van der Waals surface area contributed by atoms with Crippen LogP contribution in [-0.4, -0.2) is 22.3 Å². The summed E-state index contributed by atoms with van der Waals surface area (Å²) < 4.78 is 12.7. The first kappa shape index (κ1) is 19.8. The van der Waals surface area contributed by atoms with Gasteiger partial charge in [0.1, 0.15) is 28.7 Å². The van der Waals surface area contributed by atoms with Crippen LogP contribution in [-0.2, 0) is 4.79 Å². The quantitative estimate of drug-likeness (QED) is 0.538. The second-order valence-corrected chi connectivity index (χ2v) is 8.35. The summed E-state index contributed by atoms with van der Waals surface area (Å²) in [6.45, 7) is 1.89. The van der Waals surface area contributed by atoms with E-state index >= 15 is 0 Å². The van der Waals surface area contributed by atoms with E-state index in [1.54, 1.807) is 6.07 Å². The van der Waals surface area contributed by atoms with Gasteiger partial charge in [-0.25, -0.2) is 0 Å². The monoisotopic (exact) mass is 478 g/mol. The average Bonchev–Trinajstić information content (AvgIpc) is 2.62. The molecule has 0 saturated heterocycles. The molecule has 1 saturated carbocycles. The summed E-state index contributed by atoms with van der Waals surface area (Å²) >= 11 is 9.65. The second-order valence-electron chi connectivity index (χ2n) is 7.09. The highest BCUT2D eigenvalue weighted by Crippen LogP contribution is 2.40. The lowest BCUT2D eigenvalue weighted by molar-refractivity contribution is -0.147. The molecule has 0 radical (unpaired) electrons. The molecule has 0 spiro atoms. The molecule has 29 heavy (non-hydrogen) atoms. The number of carbonyl (C=O) groups is 1. The Morgan fingerprint density at radius 2 is 2.00 bits per heavy atom. The highest BCUT2D eigenvalue weighted by molar-refractivity contribution is 9.10. The molecule has 0 atom stereocenters. The van der Waals surface area contributed by atoms with E-state index in [-0.39, 0.29) is 33.6 Å². The van der Waals surface area contributed by atoms with Crippen molar-refractivity contribution in [1.29, 1.82) is 0 Å². The molecular formula is C21H16BrClO6. The van der Waals surface area contributed by atoms with Crippen LogP contribution < -0.4 is 10.2 Å². The maximum atomic E-state index is 12.6. The number of hydrogen-bond donors (Lipinski definition) is 2. The van der Waals surface area contributed by atoms with Gasteiger partial charge in [-0.05, 0) is 49.6 Å². The fourth-order valence-corrected chi connectivity index (χ4v) is 3.86. The van der Waals surface area contributed by atoms with Crippen molar-refractivity contribution in [3.05, 3.63) is 55.6 Å². The van der Waals surface area contributed by atoms with Crippen molar-refractivity contribution in [3.8, 4) is 22.8 Å². The fourth-order valence-electron chi connectivity index (χ4n) is 3.34. The minimum Gasteiger partial charge on any atom is -0.507 e. The molecule has 0 aliphatic heterocycles. The largest absolute Gasteiger partial charge is 0.507 e. The molecule has 1 fully saturated rings. The molecule has 3 aromatic rings. The molecule has 0 bridgehead atoms. The molecule has 150 valence electrons. The van der Waals surface area contributed by atoms with Crippen LogP contribution in [0.1, 0.15) is 18.4 Å². The van der Waals surface area contributed by atoms with E-state index in [2.05, 4.69) is 15.9 Å². The zero-order valence-electron chi connectivity index (χ0n) is 15.2. The van der Waals surface area contributed by atoms with Crippen LogP contribution in [0.4, 0.5) is 0 Å². The predicted octanol–water partition coefficient (Wildman–Crippen LogP) is 5.13. The van der Waals surface area contributed by atoms with E-state index < -0.39 is 17.3 Å². The first-order valence-electron chi connectivity index (χ1n) is 8.90. The molecule has 0 unspecified atom stereocenters. The Labute approximate surface area is 178 Å². The predicted molar refractivity (Wildman–Crippen MR) is 112 cm³/mol. The highest BCUT2D eigenvalue weighted by Gasteiger charge is 2.36. The number of hydrogen-bond acceptors (Lipinski definition) is 5. The molecule has 4 rings (SSSR count). The number of aryl methyl sites for hydroxylation is 1. The zero-order chi connectivity index (χ0) is 20.9. The Balaban J connectivity index is 1.81. The van der Waals surface area contributed by atoms with Crippen LogP contribution in [0.3, 0.4) is 0 Å². The molecular weight excluding hydrogens is 464 g/mol. The Morgan fingerprint density at radius 1 is 1.28 bits per heavy atom. The van der Waals surface area contributed by atoms with E-state index in [9.17, 15) is 14.7 Å². The molecule has 1 aliphatic rings. The summed E-state index contributed by atoms with van der Waals surface area (Å²) in [6, 6.07) is 7.67. The van der Waals surface area contributed by atoms with E-state index in [1.807, 2.05) is 13.0 Å². The van der Waals surface area contributed by atoms with Gasteiger partial charge in [-0.1, -0.05) is 27.5 Å². The zero-order valence-corrected chi connectivity index (χ0v) is 17.6. The minimum atomic E-state index is -0.829. The third kappa shape index (κ3) is 3.60. The van der Waals surface area contributed by atoms with Crippen LogP contribution in [0.5, 0.6) is 11.5 Å². The Morgan fingerprint density at radius 3 is 2.69 bits per heavy atom. The summed E-state index contributed by atoms with van der Waals surface area (Å²) in [5.41, 5.74) is 1.11. The number of phenols is 1. The minimum absolute atomic E-state index is 0.0147. The van der Waals surface area contributed by atoms with Gasteiger partial charge in [-0.2, -0.15) is 0 Å². The van der Waals surface area contributed by atoms with Crippen molar-refractivity contribution in [1.82, 2.24) is 0 Å². The molecule has 0 amide bonds. The number of aliphatic carboxylic acids is 1. The van der Waals surface area contributed by atoms with Gasteiger partial charge in [0.2, 0.25) is 0 Å². The third-order valence-corrected chi connectivity index (χ3v) is 6.22. The van der Waals surface area contributed by atoms with Crippen molar-refractivity contribution in [2.75, 3.05) is 0 Å². The lowest BCUT2D eigenvalue weighted by atomic mass is 9.82. The van der Waals surface area contributed by atoms with Gasteiger partial charge in [-0.15, -0.1) is 0 Å². The van der Waals surface area contributed by atoms with Crippen LogP contribution in [0, 0.1) is 12.8 Å². The molecule has 8 heteroatoms. The number of halogens is 2. The fraction of sp³-hybridized carbons (Fsp3) is 0.238. The van der Waals surface area contributed by atoms with Gasteiger partial charge in [0.25, 0.3) is 0 Å². The number of phenolic OH excluding ortho intramolecular Hbond substituents is 1. The number of carboxylic acid groups (broad SMARTS) is 1. The average molecular weight is 480 g/mol. The summed E-state index contributed by atoms with van der Waals surface area (Å²) in [6.07, 6.45) is 0.604. The van der Waals surface area contributed by atoms with E-state index in [4.69, 9.17) is 25.9 Å². The van der Waals surface area contributed by atoms with Crippen LogP contribution >= 0.6 is 27.5 Å². The second kappa shape index (κ2) is 7.39. The van der Waals surface area contributed by atoms with E-state index in [0.29, 0.717) is 24.2 Å². The number of benzene rings is 2. The molecule has 1 heterocycles. The van der Waals surface area contributed by atoms with Crippen molar-refractivity contribution in [3.63, 3.8) is 0 Å². The van der Waals surface area contributed by atoms with Crippen molar-refractivity contribution < 1.29 is 24.2 Å². The normalized spacial score (nSPS) is 18.4. The maximum absolute atomic E-state index is 12.6. The first-order chi connectivity index (χ1) is 13.7. The van der Waals surface area contributed by atoms with Gasteiger partial charge in [-0.3, -0.25) is 9.59 Å². The SMILES string of the molecule is Cc1cc(-c2cc(=O)c3c(O)ccc(Cl)c3o2)c(O[C@H]2C[C@H](C(=O)O)C2)cc1Br. The summed E-state index contributed by atoms with van der Waals surface area (Å²) in [7, 11) is 0. The summed E-state index contributed by atoms with van der Waals surface area (Å²) in [4.78, 5) is 23.7. The smallest absolute Gasteiger partial charge is 0.306 e. The van der Waals surface area contributed by atoms with Crippen LogP contribution in [0.15, 0.2) is 44.0 Å². The standard InChI is InChI=1S/C21H16BrClO6/c1-9-4-12(17(7-13(9)22)28-11-5-10(6-11)21(26)27)18-8-16(25)19-15(24)3-2-14(23)20(19)29-18/h2-4,7-8,10-11,24H,5-6H2,1H3,(H,26,27)/t10-,11-. The van der Waals surface area contributed by atoms with Crippen molar-refractivity contribution >= 4 is 44.5 Å². The molecule has 2 N–H and O–H groups in total. The van der Waals surface area contributed by atoms with Crippen molar-refractivity contribution in [2.24, 2.45) is 5.92 Å². The lowest BCUT2D eigenvalue weighted by Gasteiger charge is -2.33. The lowest BCUT2D eigenvalue weighted by Crippen LogP contribution is -2.38. The van der Waals surface area contributed by atoms with E-state index in [0.717, 1.165) is 10.0 Å². The Kier molecular flexibility index (Phi) is 5.04. The van der Waals surface area contributed by atoms with Gasteiger partial charge >= 0.3 is 5.97 Å². The molecule has 1 aliphatic carbocycles. The van der Waals surface area contributed by atoms with Gasteiger partial charge < -0.3 is 19.4 Å². The van der Waals surface area contributed by atoms with E-state index in [1.165, 1.54) is 18.2 Å². The number of aromatic hydroxyl groups is 1. The third-order valence-electron chi connectivity index (χ3n) is 5.07. The molecule has 2 aromatic carbocycles. The number of fused-ring (bicyclic) bond motifs is 1. The van der Waals surface area contributed by atoms with Gasteiger partial charge in [0.15, 0.2) is 11.0 Å². The Bertz CT molecular complexity index is 1200. The summed E-state index contributed by atoms with van der Waals surface area (Å²) in [5, 5.41) is 19.3. The first-order valence-corrected chi connectivity index (χ1v) is 10.1. The highest BCUT2D eigenvalue weighted by atomic mass is 79.9. The van der Waals surface area contributed by atoms with Gasteiger partial charge in [0, 0.05) is 10.5 Å². The van der Waals surface area contributed by atoms with Crippen LogP contribution in [0.2, 0.25) is 5.02 Å². The number of ether oxygens (including phenoxy) is 1. The number of carboxylic acids is 1.